The van der Waals surface area contributed by atoms with Gasteiger partial charge in [-0.15, -0.1) is 0 Å². The zero-order valence-electron chi connectivity index (χ0n) is 14.5. The average molecular weight is 414 g/mol. The van der Waals surface area contributed by atoms with E-state index >= 15 is 0 Å². The lowest BCUT2D eigenvalue weighted by Gasteiger charge is -2.15. The summed E-state index contributed by atoms with van der Waals surface area (Å²) >= 11 is 0. The van der Waals surface area contributed by atoms with Crippen molar-refractivity contribution in [1.82, 2.24) is 0 Å². The molecule has 27 heavy (non-hydrogen) atoms. The first-order chi connectivity index (χ1) is 12.5. The lowest BCUT2D eigenvalue weighted by Crippen LogP contribution is -2.17. The summed E-state index contributed by atoms with van der Waals surface area (Å²) in [6.45, 7) is 0. The molecule has 0 bridgehead atoms. The number of sulfonamides is 2. The fourth-order valence-corrected chi connectivity index (χ4v) is 4.15. The van der Waals surface area contributed by atoms with Crippen LogP contribution in [0.1, 0.15) is 5.56 Å². The fourth-order valence-electron chi connectivity index (χ4n) is 2.28. The molecule has 2 rings (SSSR count). The third kappa shape index (κ3) is 5.59. The van der Waals surface area contributed by atoms with Crippen LogP contribution in [0.4, 0.5) is 11.4 Å². The molecule has 0 saturated carbocycles. The average Bonchev–Trinajstić information content (AvgIpc) is 2.54. The monoisotopic (exact) mass is 414 g/mol. The molecule has 0 unspecified atom stereocenters. The number of carboxylic acid groups (broad SMARTS) is 1. The van der Waals surface area contributed by atoms with E-state index in [2.05, 4.69) is 9.44 Å². The molecular weight excluding hydrogens is 396 g/mol. The summed E-state index contributed by atoms with van der Waals surface area (Å²) in [6, 6.07) is 9.86. The third-order valence-corrected chi connectivity index (χ3v) is 5.32. The van der Waals surface area contributed by atoms with E-state index in [-0.39, 0.29) is 34.0 Å². The van der Waals surface area contributed by atoms with E-state index in [4.69, 9.17) is 9.84 Å². The smallest absolute Gasteiger partial charge is 0.307 e. The van der Waals surface area contributed by atoms with Gasteiger partial charge < -0.3 is 9.84 Å². The van der Waals surface area contributed by atoms with Crippen molar-refractivity contribution >= 4 is 37.4 Å². The van der Waals surface area contributed by atoms with Crippen molar-refractivity contribution < 1.29 is 31.5 Å². The Labute approximate surface area is 157 Å². The first-order valence-electron chi connectivity index (χ1n) is 7.50. The number of aliphatic carboxylic acids is 1. The standard InChI is InChI=1S/C16H18N2O7S2/c1-25-14-8-7-11(10-16(19)20)9-15(14)27(23,24)18-13-6-4-3-5-12(13)17-26(2,21)22/h3-9,17-18H,10H2,1-2H3,(H,19,20). The summed E-state index contributed by atoms with van der Waals surface area (Å²) in [7, 11) is -6.54. The Hall–Kier alpha value is -2.79. The van der Waals surface area contributed by atoms with Crippen molar-refractivity contribution in [2.24, 2.45) is 0 Å². The molecule has 146 valence electrons. The first kappa shape index (κ1) is 20.5. The van der Waals surface area contributed by atoms with Crippen LogP contribution in [0.2, 0.25) is 0 Å². The van der Waals surface area contributed by atoms with Gasteiger partial charge in [0.2, 0.25) is 10.0 Å². The predicted molar refractivity (Wildman–Crippen MR) is 100 cm³/mol. The largest absolute Gasteiger partial charge is 0.495 e. The molecule has 0 aliphatic carbocycles. The first-order valence-corrected chi connectivity index (χ1v) is 10.9. The summed E-state index contributed by atoms with van der Waals surface area (Å²) < 4.78 is 58.2. The molecule has 0 aliphatic rings. The molecule has 0 radical (unpaired) electrons. The molecule has 0 spiro atoms. The summed E-state index contributed by atoms with van der Waals surface area (Å²) in [5.74, 6) is -1.09. The molecule has 2 aromatic rings. The van der Waals surface area contributed by atoms with Gasteiger partial charge in [-0.2, -0.15) is 0 Å². The van der Waals surface area contributed by atoms with Gasteiger partial charge >= 0.3 is 5.97 Å². The molecule has 0 aliphatic heterocycles. The van der Waals surface area contributed by atoms with Gasteiger partial charge in [0.1, 0.15) is 10.6 Å². The van der Waals surface area contributed by atoms with E-state index in [1.54, 1.807) is 6.07 Å². The van der Waals surface area contributed by atoms with Gasteiger partial charge in [0.25, 0.3) is 10.0 Å². The zero-order chi connectivity index (χ0) is 20.2. The van der Waals surface area contributed by atoms with Crippen LogP contribution in [0.25, 0.3) is 0 Å². The predicted octanol–water partition coefficient (Wildman–Crippen LogP) is 1.49. The minimum absolute atomic E-state index is 0.00798. The number of ether oxygens (including phenoxy) is 1. The Morgan fingerprint density at radius 3 is 2.15 bits per heavy atom. The second-order valence-electron chi connectivity index (χ2n) is 5.58. The Balaban J connectivity index is 2.47. The molecule has 11 heteroatoms. The van der Waals surface area contributed by atoms with Crippen molar-refractivity contribution in [3.8, 4) is 5.75 Å². The fraction of sp³-hybridized carbons (Fsp3) is 0.188. The van der Waals surface area contributed by atoms with E-state index in [0.717, 1.165) is 6.26 Å². The second kappa shape index (κ2) is 7.84. The Kier molecular flexibility index (Phi) is 5.96. The van der Waals surface area contributed by atoms with Gasteiger partial charge in [-0.3, -0.25) is 14.2 Å². The van der Waals surface area contributed by atoms with Crippen LogP contribution < -0.4 is 14.2 Å². The molecule has 0 aromatic heterocycles. The van der Waals surface area contributed by atoms with Crippen LogP contribution >= 0.6 is 0 Å². The van der Waals surface area contributed by atoms with Gasteiger partial charge in [-0.1, -0.05) is 18.2 Å². The molecule has 2 aromatic carbocycles. The minimum Gasteiger partial charge on any atom is -0.495 e. The highest BCUT2D eigenvalue weighted by molar-refractivity contribution is 7.93. The van der Waals surface area contributed by atoms with Crippen molar-refractivity contribution in [3.05, 3.63) is 48.0 Å². The second-order valence-corrected chi connectivity index (χ2v) is 8.98. The van der Waals surface area contributed by atoms with Crippen LogP contribution in [0.15, 0.2) is 47.4 Å². The van der Waals surface area contributed by atoms with Crippen LogP contribution in [0, 0.1) is 0 Å². The highest BCUT2D eigenvalue weighted by atomic mass is 32.2. The molecule has 0 atom stereocenters. The number of hydrogen-bond donors (Lipinski definition) is 3. The number of carbonyl (C=O) groups is 1. The summed E-state index contributed by atoms with van der Waals surface area (Å²) in [4.78, 5) is 10.6. The van der Waals surface area contributed by atoms with Crippen molar-refractivity contribution in [2.45, 2.75) is 11.3 Å². The topological polar surface area (TPSA) is 139 Å². The van der Waals surface area contributed by atoms with Crippen LogP contribution in [0.3, 0.4) is 0 Å². The highest BCUT2D eigenvalue weighted by Crippen LogP contribution is 2.30. The van der Waals surface area contributed by atoms with Crippen LogP contribution in [-0.2, 0) is 31.3 Å². The van der Waals surface area contributed by atoms with E-state index in [9.17, 15) is 21.6 Å². The lowest BCUT2D eigenvalue weighted by atomic mass is 10.1. The molecule has 9 nitrogen and oxygen atoms in total. The minimum atomic E-state index is -4.20. The van der Waals surface area contributed by atoms with Crippen molar-refractivity contribution in [1.29, 1.82) is 0 Å². The van der Waals surface area contributed by atoms with Gasteiger partial charge in [0.15, 0.2) is 0 Å². The zero-order valence-corrected chi connectivity index (χ0v) is 16.1. The normalized spacial score (nSPS) is 11.6. The van der Waals surface area contributed by atoms with Gasteiger partial charge in [-0.25, -0.2) is 16.8 Å². The maximum Gasteiger partial charge on any atom is 0.307 e. The summed E-state index contributed by atoms with van der Waals surface area (Å²) in [5, 5.41) is 8.91. The quantitative estimate of drug-likeness (QED) is 0.595. The number of para-hydroxylation sites is 2. The van der Waals surface area contributed by atoms with Crippen LogP contribution in [-0.4, -0.2) is 41.3 Å². The molecule has 0 heterocycles. The summed E-state index contributed by atoms with van der Waals surface area (Å²) in [5.41, 5.74) is 0.323. The van der Waals surface area contributed by atoms with Crippen molar-refractivity contribution in [2.75, 3.05) is 22.8 Å². The molecule has 0 saturated heterocycles. The van der Waals surface area contributed by atoms with E-state index < -0.39 is 26.0 Å². The van der Waals surface area contributed by atoms with Gasteiger partial charge in [-0.05, 0) is 29.8 Å². The maximum atomic E-state index is 12.8. The Morgan fingerprint density at radius 1 is 1.04 bits per heavy atom. The number of carboxylic acids is 1. The SMILES string of the molecule is COc1ccc(CC(=O)O)cc1S(=O)(=O)Nc1ccccc1NS(C)(=O)=O. The van der Waals surface area contributed by atoms with E-state index in [1.165, 1.54) is 43.5 Å². The number of hydrogen-bond acceptors (Lipinski definition) is 6. The van der Waals surface area contributed by atoms with E-state index in [1.807, 2.05) is 0 Å². The summed E-state index contributed by atoms with van der Waals surface area (Å²) in [6.07, 6.45) is 0.579. The number of methoxy groups -OCH3 is 1. The van der Waals surface area contributed by atoms with Crippen LogP contribution in [0.5, 0.6) is 5.75 Å². The lowest BCUT2D eigenvalue weighted by molar-refractivity contribution is -0.136. The van der Waals surface area contributed by atoms with Gasteiger partial charge in [0, 0.05) is 0 Å². The van der Waals surface area contributed by atoms with E-state index in [0.29, 0.717) is 0 Å². The molecule has 0 fully saturated rings. The van der Waals surface area contributed by atoms with Crippen molar-refractivity contribution in [3.63, 3.8) is 0 Å². The Bertz CT molecular complexity index is 1060. The Morgan fingerprint density at radius 2 is 1.63 bits per heavy atom. The maximum absolute atomic E-state index is 12.8. The number of rotatable bonds is 8. The number of benzene rings is 2. The molecular formula is C16H18N2O7S2. The highest BCUT2D eigenvalue weighted by Gasteiger charge is 2.22. The number of nitrogens with one attached hydrogen (secondary N) is 2. The van der Waals surface area contributed by atoms with Gasteiger partial charge in [0.05, 0.1) is 31.2 Å². The molecule has 0 amide bonds. The number of anilines is 2. The third-order valence-electron chi connectivity index (χ3n) is 3.34. The molecule has 3 N–H and O–H groups in total.